The third-order valence-electron chi connectivity index (χ3n) is 5.46. The van der Waals surface area contributed by atoms with Crippen molar-refractivity contribution in [2.45, 2.75) is 24.0 Å². The Morgan fingerprint density at radius 1 is 1.11 bits per heavy atom. The standard InChI is InChI=1S/C21H19ClO4S2/c22-16-8-6-15(7-9-16)18-10-11-19(27-18)28(25,26)13-21(20(23)24)12-17(21)14-4-2-1-3-5-14/h1-9,11,17-18H,10,12-13H2,(H,23,24). The lowest BCUT2D eigenvalue weighted by atomic mass is 10.0. The molecule has 4 nitrogen and oxygen atoms in total. The lowest BCUT2D eigenvalue weighted by molar-refractivity contribution is -0.142. The van der Waals surface area contributed by atoms with Gasteiger partial charge in [-0.3, -0.25) is 4.79 Å². The number of allylic oxidation sites excluding steroid dienone is 1. The first-order chi connectivity index (χ1) is 13.3. The van der Waals surface area contributed by atoms with Crippen molar-refractivity contribution in [3.8, 4) is 0 Å². The molecule has 1 fully saturated rings. The van der Waals surface area contributed by atoms with E-state index in [1.165, 1.54) is 11.8 Å². The molecule has 28 heavy (non-hydrogen) atoms. The van der Waals surface area contributed by atoms with E-state index < -0.39 is 21.2 Å². The summed E-state index contributed by atoms with van der Waals surface area (Å²) in [6, 6.07) is 16.7. The second-order valence-corrected chi connectivity index (χ2v) is 11.2. The fourth-order valence-corrected chi connectivity index (χ4v) is 7.63. The van der Waals surface area contributed by atoms with E-state index in [4.69, 9.17) is 11.6 Å². The molecule has 2 aliphatic rings. The highest BCUT2D eigenvalue weighted by molar-refractivity contribution is 8.19. The summed E-state index contributed by atoms with van der Waals surface area (Å²) < 4.78 is 26.3. The van der Waals surface area contributed by atoms with Crippen molar-refractivity contribution in [3.05, 3.63) is 81.1 Å². The van der Waals surface area contributed by atoms with Gasteiger partial charge in [0.2, 0.25) is 0 Å². The zero-order valence-electron chi connectivity index (χ0n) is 14.9. The van der Waals surface area contributed by atoms with Gasteiger partial charge >= 0.3 is 5.97 Å². The zero-order chi connectivity index (χ0) is 19.9. The highest BCUT2D eigenvalue weighted by Crippen LogP contribution is 2.61. The second-order valence-electron chi connectivity index (χ2n) is 7.30. The van der Waals surface area contributed by atoms with Crippen LogP contribution in [0.15, 0.2) is 64.9 Å². The average molecular weight is 435 g/mol. The number of hydrogen-bond acceptors (Lipinski definition) is 4. The fraction of sp³-hybridized carbons (Fsp3) is 0.286. The predicted octanol–water partition coefficient (Wildman–Crippen LogP) is 5.03. The van der Waals surface area contributed by atoms with Crippen LogP contribution in [0.1, 0.15) is 35.1 Å². The maximum Gasteiger partial charge on any atom is 0.311 e. The molecule has 0 spiro atoms. The van der Waals surface area contributed by atoms with E-state index in [0.717, 1.165) is 11.1 Å². The molecule has 7 heteroatoms. The molecule has 4 rings (SSSR count). The molecule has 0 radical (unpaired) electrons. The number of benzene rings is 2. The van der Waals surface area contributed by atoms with Gasteiger partial charge in [-0.2, -0.15) is 0 Å². The van der Waals surface area contributed by atoms with E-state index in [9.17, 15) is 18.3 Å². The highest BCUT2D eigenvalue weighted by atomic mass is 35.5. The van der Waals surface area contributed by atoms with Gasteiger partial charge in [-0.15, -0.1) is 11.8 Å². The molecular formula is C21H19ClO4S2. The summed E-state index contributed by atoms with van der Waals surface area (Å²) in [5, 5.41) is 10.4. The lowest BCUT2D eigenvalue weighted by Gasteiger charge is -2.15. The Kier molecular flexibility index (Phi) is 5.06. The van der Waals surface area contributed by atoms with Gasteiger partial charge in [0.05, 0.1) is 15.4 Å². The molecule has 1 aliphatic carbocycles. The Morgan fingerprint density at radius 3 is 2.43 bits per heavy atom. The summed E-state index contributed by atoms with van der Waals surface area (Å²) in [6.45, 7) is 0. The molecule has 0 aromatic heterocycles. The number of carbonyl (C=O) groups is 1. The topological polar surface area (TPSA) is 71.4 Å². The minimum absolute atomic E-state index is 0.00643. The average Bonchev–Trinajstić information content (AvgIpc) is 3.17. The van der Waals surface area contributed by atoms with Crippen molar-refractivity contribution in [3.63, 3.8) is 0 Å². The molecule has 2 aromatic carbocycles. The monoisotopic (exact) mass is 434 g/mol. The molecule has 3 atom stereocenters. The Morgan fingerprint density at radius 2 is 1.79 bits per heavy atom. The van der Waals surface area contributed by atoms with Gasteiger partial charge in [0.1, 0.15) is 0 Å². The molecule has 1 N–H and O–H groups in total. The third kappa shape index (κ3) is 3.61. The molecule has 1 saturated carbocycles. The summed E-state index contributed by atoms with van der Waals surface area (Å²) in [5.74, 6) is -1.66. The van der Waals surface area contributed by atoms with E-state index in [-0.39, 0.29) is 21.2 Å². The smallest absolute Gasteiger partial charge is 0.311 e. The molecule has 3 unspecified atom stereocenters. The summed E-state index contributed by atoms with van der Waals surface area (Å²) in [5.41, 5.74) is 0.657. The van der Waals surface area contributed by atoms with Gasteiger partial charge in [-0.05, 0) is 36.1 Å². The fourth-order valence-electron chi connectivity index (χ4n) is 3.82. The number of thioether (sulfide) groups is 1. The van der Waals surface area contributed by atoms with Gasteiger partial charge in [-0.1, -0.05) is 60.1 Å². The van der Waals surface area contributed by atoms with Crippen molar-refractivity contribution < 1.29 is 18.3 Å². The number of hydrogen-bond donors (Lipinski definition) is 1. The zero-order valence-corrected chi connectivity index (χ0v) is 17.3. The molecule has 0 saturated heterocycles. The first-order valence-electron chi connectivity index (χ1n) is 8.95. The second kappa shape index (κ2) is 7.25. The van der Waals surface area contributed by atoms with Crippen LogP contribution in [0.3, 0.4) is 0 Å². The quantitative estimate of drug-likeness (QED) is 0.690. The van der Waals surface area contributed by atoms with Crippen molar-refractivity contribution in [1.82, 2.24) is 0 Å². The summed E-state index contributed by atoms with van der Waals surface area (Å²) in [7, 11) is -3.67. The summed E-state index contributed by atoms with van der Waals surface area (Å²) >= 11 is 7.21. The lowest BCUT2D eigenvalue weighted by Crippen LogP contribution is -2.27. The van der Waals surface area contributed by atoms with Crippen molar-refractivity contribution in [2.75, 3.05) is 5.75 Å². The number of sulfone groups is 1. The van der Waals surface area contributed by atoms with Crippen molar-refractivity contribution in [2.24, 2.45) is 5.41 Å². The number of halogens is 1. The van der Waals surface area contributed by atoms with Gasteiger partial charge in [0.15, 0.2) is 9.84 Å². The minimum atomic E-state index is -3.67. The van der Waals surface area contributed by atoms with Crippen LogP contribution in [-0.2, 0) is 14.6 Å². The van der Waals surface area contributed by atoms with E-state index >= 15 is 0 Å². The van der Waals surface area contributed by atoms with Gasteiger partial charge < -0.3 is 5.11 Å². The molecular weight excluding hydrogens is 416 g/mol. The van der Waals surface area contributed by atoms with E-state index in [2.05, 4.69) is 0 Å². The Bertz CT molecular complexity index is 1030. The first-order valence-corrected chi connectivity index (χ1v) is 11.9. The van der Waals surface area contributed by atoms with Gasteiger partial charge in [-0.25, -0.2) is 8.42 Å². The number of carboxylic acids is 1. The van der Waals surface area contributed by atoms with Crippen LogP contribution in [0.5, 0.6) is 0 Å². The van der Waals surface area contributed by atoms with Crippen LogP contribution in [0.25, 0.3) is 0 Å². The van der Waals surface area contributed by atoms with E-state index in [0.29, 0.717) is 17.9 Å². The molecule has 0 bridgehead atoms. The van der Waals surface area contributed by atoms with Gasteiger partial charge in [0.25, 0.3) is 0 Å². The maximum absolute atomic E-state index is 13.0. The summed E-state index contributed by atoms with van der Waals surface area (Å²) in [6.07, 6.45) is 2.67. The molecule has 146 valence electrons. The van der Waals surface area contributed by atoms with Crippen LogP contribution < -0.4 is 0 Å². The third-order valence-corrected chi connectivity index (χ3v) is 9.58. The molecule has 2 aromatic rings. The minimum Gasteiger partial charge on any atom is -0.481 e. The van der Waals surface area contributed by atoms with Crippen LogP contribution in [0.2, 0.25) is 5.02 Å². The maximum atomic E-state index is 13.0. The van der Waals surface area contributed by atoms with E-state index in [1.807, 2.05) is 42.5 Å². The van der Waals surface area contributed by atoms with Crippen LogP contribution in [0.4, 0.5) is 0 Å². The molecule has 1 aliphatic heterocycles. The molecule has 0 amide bonds. The normalized spacial score (nSPS) is 26.7. The largest absolute Gasteiger partial charge is 0.481 e. The number of rotatable bonds is 6. The van der Waals surface area contributed by atoms with Crippen LogP contribution in [0, 0.1) is 5.41 Å². The van der Waals surface area contributed by atoms with Gasteiger partial charge in [0, 0.05) is 16.2 Å². The first kappa shape index (κ1) is 19.6. The van der Waals surface area contributed by atoms with Crippen molar-refractivity contribution >= 4 is 39.2 Å². The van der Waals surface area contributed by atoms with Crippen LogP contribution >= 0.6 is 23.4 Å². The predicted molar refractivity (Wildman–Crippen MR) is 112 cm³/mol. The van der Waals surface area contributed by atoms with Crippen LogP contribution in [-0.4, -0.2) is 25.2 Å². The van der Waals surface area contributed by atoms with Crippen molar-refractivity contribution in [1.29, 1.82) is 0 Å². The highest BCUT2D eigenvalue weighted by Gasteiger charge is 2.63. The molecule has 1 heterocycles. The number of carboxylic acid groups (broad SMARTS) is 1. The van der Waals surface area contributed by atoms with E-state index in [1.54, 1.807) is 18.2 Å². The Hall–Kier alpha value is -1.76. The Balaban J connectivity index is 1.51. The summed E-state index contributed by atoms with van der Waals surface area (Å²) in [4.78, 5) is 12.0. The number of aliphatic carboxylic acids is 1. The SMILES string of the molecule is O=C(O)C1(CS(=O)(=O)C2=CCC(c3ccc(Cl)cc3)S2)CC1c1ccccc1. The Labute approximate surface area is 173 Å².